The van der Waals surface area contributed by atoms with E-state index < -0.39 is 0 Å². The molecule has 0 amide bonds. The minimum Gasteiger partial charge on any atom is -0.382 e. The first-order chi connectivity index (χ1) is 7.88. The molecule has 3 nitrogen and oxygen atoms in total. The lowest BCUT2D eigenvalue weighted by molar-refractivity contribution is 0.0507. The Morgan fingerprint density at radius 2 is 2.06 bits per heavy atom. The molecule has 0 spiro atoms. The van der Waals surface area contributed by atoms with Gasteiger partial charge in [0.1, 0.15) is 0 Å². The van der Waals surface area contributed by atoms with Gasteiger partial charge in [0.25, 0.3) is 0 Å². The maximum atomic E-state index is 5.42. The zero-order chi connectivity index (χ0) is 11.6. The third-order valence-electron chi connectivity index (χ3n) is 3.31. The van der Waals surface area contributed by atoms with E-state index in [2.05, 4.69) is 19.2 Å². The van der Waals surface area contributed by atoms with E-state index in [1.807, 2.05) is 0 Å². The SMILES string of the molecule is CCNC(CCCOCC)C1CCOCC1. The molecule has 1 N–H and O–H groups in total. The van der Waals surface area contributed by atoms with Gasteiger partial charge in [-0.05, 0) is 45.1 Å². The normalized spacial score (nSPS) is 19.9. The minimum absolute atomic E-state index is 0.661. The summed E-state index contributed by atoms with van der Waals surface area (Å²) in [5.74, 6) is 0.801. The quantitative estimate of drug-likeness (QED) is 0.647. The zero-order valence-corrected chi connectivity index (χ0v) is 10.8. The fourth-order valence-electron chi connectivity index (χ4n) is 2.43. The summed E-state index contributed by atoms with van der Waals surface area (Å²) in [6, 6.07) is 0.661. The van der Waals surface area contributed by atoms with E-state index in [1.165, 1.54) is 25.7 Å². The van der Waals surface area contributed by atoms with Crippen LogP contribution in [0.4, 0.5) is 0 Å². The molecule has 1 fully saturated rings. The molecule has 0 saturated carbocycles. The Labute approximate surface area is 99.9 Å². The summed E-state index contributed by atoms with van der Waals surface area (Å²) in [4.78, 5) is 0. The zero-order valence-electron chi connectivity index (χ0n) is 10.8. The molecule has 1 saturated heterocycles. The van der Waals surface area contributed by atoms with Crippen LogP contribution in [0.15, 0.2) is 0 Å². The molecule has 0 bridgehead atoms. The van der Waals surface area contributed by atoms with Gasteiger partial charge in [-0.3, -0.25) is 0 Å². The predicted octanol–water partition coefficient (Wildman–Crippen LogP) is 2.21. The molecular weight excluding hydrogens is 202 g/mol. The predicted molar refractivity (Wildman–Crippen MR) is 66.7 cm³/mol. The molecular formula is C13H27NO2. The molecule has 1 unspecified atom stereocenters. The average molecular weight is 229 g/mol. The van der Waals surface area contributed by atoms with Crippen LogP contribution in [-0.2, 0) is 9.47 Å². The topological polar surface area (TPSA) is 30.5 Å². The molecule has 3 heteroatoms. The van der Waals surface area contributed by atoms with E-state index in [9.17, 15) is 0 Å². The lowest BCUT2D eigenvalue weighted by Crippen LogP contribution is -2.39. The maximum Gasteiger partial charge on any atom is 0.0469 e. The van der Waals surface area contributed by atoms with Crippen LogP contribution in [0, 0.1) is 5.92 Å². The Bertz CT molecular complexity index is 158. The van der Waals surface area contributed by atoms with E-state index >= 15 is 0 Å². The Kier molecular flexibility index (Phi) is 7.81. The van der Waals surface area contributed by atoms with Crippen molar-refractivity contribution in [2.45, 2.75) is 45.6 Å². The van der Waals surface area contributed by atoms with E-state index in [4.69, 9.17) is 9.47 Å². The second kappa shape index (κ2) is 8.97. The molecule has 1 atom stereocenters. The number of rotatable bonds is 8. The Hall–Kier alpha value is -0.120. The van der Waals surface area contributed by atoms with Crippen LogP contribution in [-0.4, -0.2) is 39.0 Å². The van der Waals surface area contributed by atoms with Crippen LogP contribution in [0.3, 0.4) is 0 Å². The van der Waals surface area contributed by atoms with Gasteiger partial charge >= 0.3 is 0 Å². The summed E-state index contributed by atoms with van der Waals surface area (Å²) in [6.07, 6.45) is 4.83. The van der Waals surface area contributed by atoms with Crippen molar-refractivity contribution in [1.82, 2.24) is 5.32 Å². The summed E-state index contributed by atoms with van der Waals surface area (Å²) >= 11 is 0. The Balaban J connectivity index is 2.22. The molecule has 0 aromatic heterocycles. The van der Waals surface area contributed by atoms with Gasteiger partial charge in [-0.25, -0.2) is 0 Å². The monoisotopic (exact) mass is 229 g/mol. The molecule has 0 aliphatic carbocycles. The van der Waals surface area contributed by atoms with Gasteiger partial charge in [-0.15, -0.1) is 0 Å². The standard InChI is InChI=1S/C13H27NO2/c1-3-14-13(6-5-9-15-4-2)12-7-10-16-11-8-12/h12-14H,3-11H2,1-2H3. The van der Waals surface area contributed by atoms with Crippen LogP contribution in [0.25, 0.3) is 0 Å². The number of ether oxygens (including phenoxy) is 2. The van der Waals surface area contributed by atoms with Crippen molar-refractivity contribution in [2.24, 2.45) is 5.92 Å². The third kappa shape index (κ3) is 5.28. The lowest BCUT2D eigenvalue weighted by Gasteiger charge is -2.31. The summed E-state index contributed by atoms with van der Waals surface area (Å²) in [5, 5.41) is 3.62. The summed E-state index contributed by atoms with van der Waals surface area (Å²) < 4.78 is 10.8. The summed E-state index contributed by atoms with van der Waals surface area (Å²) in [5.41, 5.74) is 0. The minimum atomic E-state index is 0.661. The van der Waals surface area contributed by atoms with Crippen molar-refractivity contribution in [3.63, 3.8) is 0 Å². The van der Waals surface area contributed by atoms with Gasteiger partial charge in [0, 0.05) is 32.5 Å². The molecule has 0 radical (unpaired) electrons. The first kappa shape index (κ1) is 13.9. The van der Waals surface area contributed by atoms with Crippen molar-refractivity contribution in [3.8, 4) is 0 Å². The first-order valence-electron chi connectivity index (χ1n) is 6.77. The van der Waals surface area contributed by atoms with Crippen LogP contribution >= 0.6 is 0 Å². The van der Waals surface area contributed by atoms with Gasteiger partial charge in [0.2, 0.25) is 0 Å². The van der Waals surface area contributed by atoms with Crippen molar-refractivity contribution in [2.75, 3.05) is 33.0 Å². The molecule has 1 heterocycles. The molecule has 96 valence electrons. The fraction of sp³-hybridized carbons (Fsp3) is 1.00. The third-order valence-corrected chi connectivity index (χ3v) is 3.31. The highest BCUT2D eigenvalue weighted by molar-refractivity contribution is 4.78. The Morgan fingerprint density at radius 1 is 1.31 bits per heavy atom. The molecule has 16 heavy (non-hydrogen) atoms. The van der Waals surface area contributed by atoms with Crippen molar-refractivity contribution in [1.29, 1.82) is 0 Å². The van der Waals surface area contributed by atoms with Gasteiger partial charge < -0.3 is 14.8 Å². The largest absolute Gasteiger partial charge is 0.382 e. The Morgan fingerprint density at radius 3 is 2.69 bits per heavy atom. The second-order valence-corrected chi connectivity index (χ2v) is 4.45. The molecule has 0 aromatic carbocycles. The van der Waals surface area contributed by atoms with Gasteiger partial charge in [-0.1, -0.05) is 6.92 Å². The number of nitrogens with one attached hydrogen (secondary N) is 1. The highest BCUT2D eigenvalue weighted by Gasteiger charge is 2.22. The van der Waals surface area contributed by atoms with Crippen LogP contribution < -0.4 is 5.32 Å². The molecule has 1 aliphatic heterocycles. The summed E-state index contributed by atoms with van der Waals surface area (Å²) in [6.45, 7) is 8.94. The molecule has 1 aliphatic rings. The van der Waals surface area contributed by atoms with Gasteiger partial charge in [-0.2, -0.15) is 0 Å². The van der Waals surface area contributed by atoms with E-state index in [0.717, 1.165) is 38.9 Å². The molecule has 0 aromatic rings. The second-order valence-electron chi connectivity index (χ2n) is 4.45. The molecule has 1 rings (SSSR count). The lowest BCUT2D eigenvalue weighted by atomic mass is 9.89. The van der Waals surface area contributed by atoms with Crippen LogP contribution in [0.2, 0.25) is 0 Å². The highest BCUT2D eigenvalue weighted by atomic mass is 16.5. The number of hydrogen-bond donors (Lipinski definition) is 1. The highest BCUT2D eigenvalue weighted by Crippen LogP contribution is 2.21. The fourth-order valence-corrected chi connectivity index (χ4v) is 2.43. The number of hydrogen-bond acceptors (Lipinski definition) is 3. The van der Waals surface area contributed by atoms with Crippen molar-refractivity contribution >= 4 is 0 Å². The average Bonchev–Trinajstić information content (AvgIpc) is 2.34. The van der Waals surface area contributed by atoms with E-state index in [1.54, 1.807) is 0 Å². The van der Waals surface area contributed by atoms with Crippen molar-refractivity contribution < 1.29 is 9.47 Å². The smallest absolute Gasteiger partial charge is 0.0469 e. The van der Waals surface area contributed by atoms with Gasteiger partial charge in [0.15, 0.2) is 0 Å². The summed E-state index contributed by atoms with van der Waals surface area (Å²) in [7, 11) is 0. The van der Waals surface area contributed by atoms with Gasteiger partial charge in [0.05, 0.1) is 0 Å². The van der Waals surface area contributed by atoms with Crippen LogP contribution in [0.1, 0.15) is 39.5 Å². The van der Waals surface area contributed by atoms with E-state index in [-0.39, 0.29) is 0 Å². The van der Waals surface area contributed by atoms with E-state index in [0.29, 0.717) is 6.04 Å². The van der Waals surface area contributed by atoms with Crippen molar-refractivity contribution in [3.05, 3.63) is 0 Å². The van der Waals surface area contributed by atoms with Crippen LogP contribution in [0.5, 0.6) is 0 Å². The first-order valence-corrected chi connectivity index (χ1v) is 6.77. The maximum absolute atomic E-state index is 5.42.